The minimum atomic E-state index is -0.381. The third-order valence-electron chi connectivity index (χ3n) is 3.84. The van der Waals surface area contributed by atoms with E-state index >= 15 is 0 Å². The molecule has 1 N–H and O–H groups in total. The van der Waals surface area contributed by atoms with Gasteiger partial charge in [0.2, 0.25) is 0 Å². The predicted molar refractivity (Wildman–Crippen MR) is 64.8 cm³/mol. The summed E-state index contributed by atoms with van der Waals surface area (Å²) < 4.78 is 13.8. The largest absolute Gasteiger partial charge is 0.307 e. The Balaban J connectivity index is 2.07. The summed E-state index contributed by atoms with van der Waals surface area (Å²) >= 11 is 0. The van der Waals surface area contributed by atoms with Crippen molar-refractivity contribution in [2.24, 2.45) is 0 Å². The maximum absolute atomic E-state index is 13.8. The second-order valence-electron chi connectivity index (χ2n) is 4.73. The number of benzene rings is 1. The lowest BCUT2D eigenvalue weighted by molar-refractivity contribution is 0.175. The van der Waals surface area contributed by atoms with Gasteiger partial charge in [0.15, 0.2) is 0 Å². The predicted octanol–water partition coefficient (Wildman–Crippen LogP) is 3.12. The van der Waals surface area contributed by atoms with Gasteiger partial charge in [0.1, 0.15) is 11.9 Å². The molecule has 0 unspecified atom stereocenters. The molecule has 2 nitrogen and oxygen atoms in total. The van der Waals surface area contributed by atoms with Crippen molar-refractivity contribution in [1.29, 1.82) is 5.26 Å². The summed E-state index contributed by atoms with van der Waals surface area (Å²) in [5.74, 6) is -0.381. The van der Waals surface area contributed by atoms with Crippen molar-refractivity contribution in [3.05, 3.63) is 35.1 Å². The van der Waals surface area contributed by atoms with Gasteiger partial charge in [-0.2, -0.15) is 5.26 Å². The van der Waals surface area contributed by atoms with Crippen LogP contribution in [0.3, 0.4) is 0 Å². The molecule has 0 radical (unpaired) electrons. The molecule has 0 aromatic heterocycles. The maximum atomic E-state index is 13.8. The minimum Gasteiger partial charge on any atom is -0.307 e. The lowest BCUT2D eigenvalue weighted by atomic mass is 9.75. The lowest BCUT2D eigenvalue weighted by Gasteiger charge is -2.42. The van der Waals surface area contributed by atoms with Crippen LogP contribution in [0.1, 0.15) is 43.7 Å². The van der Waals surface area contributed by atoms with E-state index in [0.717, 1.165) is 6.42 Å². The van der Waals surface area contributed by atoms with E-state index in [2.05, 4.69) is 12.2 Å². The van der Waals surface area contributed by atoms with Crippen LogP contribution in [0.5, 0.6) is 0 Å². The quantitative estimate of drug-likeness (QED) is 0.865. The Kier molecular flexibility index (Phi) is 3.44. The zero-order valence-electron chi connectivity index (χ0n) is 10.1. The van der Waals surface area contributed by atoms with E-state index in [0.29, 0.717) is 12.1 Å². The van der Waals surface area contributed by atoms with Crippen molar-refractivity contribution in [3.8, 4) is 6.07 Å². The summed E-state index contributed by atoms with van der Waals surface area (Å²) in [6, 6.07) is 6.86. The molecule has 0 bridgehead atoms. The summed E-state index contributed by atoms with van der Waals surface area (Å²) in [6.45, 7) is 2.67. The molecule has 0 heterocycles. The molecule has 1 fully saturated rings. The molecule has 0 spiro atoms. The number of hydrogen-bond acceptors (Lipinski definition) is 2. The highest BCUT2D eigenvalue weighted by Crippen LogP contribution is 2.34. The molecule has 1 aliphatic carbocycles. The van der Waals surface area contributed by atoms with Gasteiger partial charge in [-0.25, -0.2) is 4.39 Å². The van der Waals surface area contributed by atoms with Gasteiger partial charge >= 0.3 is 0 Å². The van der Waals surface area contributed by atoms with Gasteiger partial charge in [-0.05, 0) is 31.7 Å². The fraction of sp³-hybridized carbons (Fsp3) is 0.500. The average Bonchev–Trinajstić information content (AvgIpc) is 2.30. The molecule has 1 aromatic rings. The van der Waals surface area contributed by atoms with Crippen molar-refractivity contribution in [1.82, 2.24) is 5.32 Å². The third kappa shape index (κ3) is 2.32. The van der Waals surface area contributed by atoms with E-state index in [4.69, 9.17) is 5.26 Å². The Bertz CT molecular complexity index is 439. The van der Waals surface area contributed by atoms with E-state index in [1.54, 1.807) is 12.1 Å². The number of hydrogen-bond donors (Lipinski definition) is 1. The molecule has 2 rings (SSSR count). The van der Waals surface area contributed by atoms with E-state index in [1.165, 1.54) is 25.3 Å². The highest BCUT2D eigenvalue weighted by atomic mass is 19.1. The number of nitrogens with one attached hydrogen (secondary N) is 1. The summed E-state index contributed by atoms with van der Waals surface area (Å²) in [4.78, 5) is 0. The zero-order chi connectivity index (χ0) is 12.3. The topological polar surface area (TPSA) is 35.8 Å². The van der Waals surface area contributed by atoms with Crippen LogP contribution in [0, 0.1) is 17.1 Å². The van der Waals surface area contributed by atoms with Crippen molar-refractivity contribution in [3.63, 3.8) is 0 Å². The van der Waals surface area contributed by atoms with Gasteiger partial charge in [-0.1, -0.05) is 19.1 Å². The number of nitrogens with zero attached hydrogens (tertiary/aromatic N) is 1. The Morgan fingerprint density at radius 1 is 1.47 bits per heavy atom. The second kappa shape index (κ2) is 4.85. The highest BCUT2D eigenvalue weighted by Gasteiger charge is 2.34. The lowest BCUT2D eigenvalue weighted by Crippen LogP contribution is -2.49. The van der Waals surface area contributed by atoms with Crippen molar-refractivity contribution in [2.75, 3.05) is 0 Å². The first-order valence-electron chi connectivity index (χ1n) is 6.13. The van der Waals surface area contributed by atoms with E-state index in [-0.39, 0.29) is 16.9 Å². The normalized spacial score (nSPS) is 17.2. The molecule has 0 aliphatic heterocycles. The van der Waals surface area contributed by atoms with Gasteiger partial charge in [-0.15, -0.1) is 0 Å². The highest BCUT2D eigenvalue weighted by molar-refractivity contribution is 5.35. The Morgan fingerprint density at radius 3 is 2.76 bits per heavy atom. The fourth-order valence-corrected chi connectivity index (χ4v) is 2.34. The first-order chi connectivity index (χ1) is 8.21. The molecule has 0 atom stereocenters. The van der Waals surface area contributed by atoms with Crippen molar-refractivity contribution >= 4 is 0 Å². The molecule has 90 valence electrons. The van der Waals surface area contributed by atoms with Crippen LogP contribution in [0.15, 0.2) is 18.2 Å². The summed E-state index contributed by atoms with van der Waals surface area (Å²) in [5.41, 5.74) is 0.918. The molecular weight excluding hydrogens is 215 g/mol. The SMILES string of the molecule is CCC1(NCc2cccc(C#N)c2F)CCC1. The van der Waals surface area contributed by atoms with E-state index in [1.807, 2.05) is 6.07 Å². The summed E-state index contributed by atoms with van der Waals surface area (Å²) in [6.07, 6.45) is 4.67. The Morgan fingerprint density at radius 2 is 2.24 bits per heavy atom. The second-order valence-corrected chi connectivity index (χ2v) is 4.73. The van der Waals surface area contributed by atoms with E-state index in [9.17, 15) is 4.39 Å². The van der Waals surface area contributed by atoms with E-state index < -0.39 is 0 Å². The Hall–Kier alpha value is -1.40. The van der Waals surface area contributed by atoms with Crippen LogP contribution in [-0.2, 0) is 6.54 Å². The molecule has 0 amide bonds. The van der Waals surface area contributed by atoms with Gasteiger partial charge < -0.3 is 5.32 Å². The number of rotatable bonds is 4. The van der Waals surface area contributed by atoms with Crippen LogP contribution >= 0.6 is 0 Å². The average molecular weight is 232 g/mol. The van der Waals surface area contributed by atoms with Crippen LogP contribution in [0.2, 0.25) is 0 Å². The van der Waals surface area contributed by atoms with Crippen molar-refractivity contribution in [2.45, 2.75) is 44.7 Å². The number of nitriles is 1. The number of halogens is 1. The van der Waals surface area contributed by atoms with Crippen LogP contribution in [-0.4, -0.2) is 5.54 Å². The molecule has 3 heteroatoms. The van der Waals surface area contributed by atoms with Gasteiger partial charge in [0.05, 0.1) is 5.56 Å². The van der Waals surface area contributed by atoms with Crippen LogP contribution in [0.25, 0.3) is 0 Å². The molecule has 1 saturated carbocycles. The van der Waals surface area contributed by atoms with Crippen LogP contribution < -0.4 is 5.32 Å². The van der Waals surface area contributed by atoms with Crippen molar-refractivity contribution < 1.29 is 4.39 Å². The first kappa shape index (κ1) is 12.1. The molecule has 1 aromatic carbocycles. The summed E-state index contributed by atoms with van der Waals surface area (Å²) in [5, 5.41) is 12.2. The molecule has 1 aliphatic rings. The van der Waals surface area contributed by atoms with Gasteiger partial charge in [0, 0.05) is 17.6 Å². The molecule has 0 saturated heterocycles. The molecular formula is C14H17FN2. The van der Waals surface area contributed by atoms with Crippen LogP contribution in [0.4, 0.5) is 4.39 Å². The van der Waals surface area contributed by atoms with Gasteiger partial charge in [-0.3, -0.25) is 0 Å². The first-order valence-corrected chi connectivity index (χ1v) is 6.13. The zero-order valence-corrected chi connectivity index (χ0v) is 10.1. The standard InChI is InChI=1S/C14H17FN2/c1-2-14(7-4-8-14)17-10-12-6-3-5-11(9-16)13(12)15/h3,5-6,17H,2,4,7-8,10H2,1H3. The third-order valence-corrected chi connectivity index (χ3v) is 3.84. The fourth-order valence-electron chi connectivity index (χ4n) is 2.34. The smallest absolute Gasteiger partial charge is 0.145 e. The minimum absolute atomic E-state index is 0.128. The maximum Gasteiger partial charge on any atom is 0.145 e. The molecule has 17 heavy (non-hydrogen) atoms. The van der Waals surface area contributed by atoms with Gasteiger partial charge in [0.25, 0.3) is 0 Å². The monoisotopic (exact) mass is 232 g/mol. The summed E-state index contributed by atoms with van der Waals surface area (Å²) in [7, 11) is 0. The Labute approximate surface area is 101 Å².